The highest BCUT2D eigenvalue weighted by molar-refractivity contribution is 5.78. The normalized spacial score (nSPS) is 19.2. The van der Waals surface area contributed by atoms with Crippen molar-refractivity contribution in [2.75, 3.05) is 7.11 Å². The molecule has 5 nitrogen and oxygen atoms in total. The van der Waals surface area contributed by atoms with Gasteiger partial charge < -0.3 is 15.0 Å². The topological polar surface area (TPSA) is 70.1 Å². The van der Waals surface area contributed by atoms with Crippen molar-refractivity contribution in [2.45, 2.75) is 37.8 Å². The summed E-state index contributed by atoms with van der Waals surface area (Å²) >= 11 is 0. The number of imidazole rings is 1. The van der Waals surface area contributed by atoms with Crippen molar-refractivity contribution in [1.29, 1.82) is 0 Å². The number of hydrogen-bond acceptors (Lipinski definition) is 4. The first kappa shape index (κ1) is 11.1. The van der Waals surface area contributed by atoms with E-state index in [4.69, 9.17) is 10.5 Å². The van der Waals surface area contributed by atoms with E-state index in [-0.39, 0.29) is 11.4 Å². The minimum absolute atomic E-state index is 0.250. The van der Waals surface area contributed by atoms with Gasteiger partial charge in [0.1, 0.15) is 6.04 Å². The maximum absolute atomic E-state index is 11.5. The number of hydrogen-bond donors (Lipinski definition) is 1. The Morgan fingerprint density at radius 2 is 2.44 bits per heavy atom. The van der Waals surface area contributed by atoms with Crippen molar-refractivity contribution in [2.24, 2.45) is 5.73 Å². The Balaban J connectivity index is 2.29. The zero-order valence-corrected chi connectivity index (χ0v) is 9.64. The number of esters is 1. The first-order valence-electron chi connectivity index (χ1n) is 5.49. The first-order valence-corrected chi connectivity index (χ1v) is 5.49. The standard InChI is InChI=1S/C11H17N3O2/c1-3-14-7-13-6-8(14)11(4-5-11)9(12)10(15)16-2/h6-7,9H,3-5,12H2,1-2H3. The van der Waals surface area contributed by atoms with E-state index in [9.17, 15) is 4.79 Å². The van der Waals surface area contributed by atoms with Crippen molar-refractivity contribution >= 4 is 5.97 Å². The van der Waals surface area contributed by atoms with Gasteiger partial charge in [-0.05, 0) is 19.8 Å². The minimum atomic E-state index is -0.584. The smallest absolute Gasteiger partial charge is 0.323 e. The zero-order chi connectivity index (χ0) is 11.8. The monoisotopic (exact) mass is 223 g/mol. The molecule has 1 heterocycles. The SMILES string of the molecule is CCn1cncc1C1(C(N)C(=O)OC)CC1. The number of aryl methyl sites for hydroxylation is 1. The predicted molar refractivity (Wildman–Crippen MR) is 58.8 cm³/mol. The summed E-state index contributed by atoms with van der Waals surface area (Å²) < 4.78 is 6.75. The maximum Gasteiger partial charge on any atom is 0.323 e. The van der Waals surface area contributed by atoms with Gasteiger partial charge in [-0.3, -0.25) is 4.79 Å². The summed E-state index contributed by atoms with van der Waals surface area (Å²) in [6.45, 7) is 2.88. The van der Waals surface area contributed by atoms with E-state index in [2.05, 4.69) is 4.98 Å². The first-order chi connectivity index (χ1) is 7.65. The van der Waals surface area contributed by atoms with Crippen LogP contribution >= 0.6 is 0 Å². The maximum atomic E-state index is 11.5. The molecule has 0 bridgehead atoms. The van der Waals surface area contributed by atoms with Crippen LogP contribution in [0.1, 0.15) is 25.5 Å². The van der Waals surface area contributed by atoms with Crippen LogP contribution in [0.2, 0.25) is 0 Å². The second-order valence-electron chi connectivity index (χ2n) is 4.22. The second-order valence-corrected chi connectivity index (χ2v) is 4.22. The van der Waals surface area contributed by atoms with Crippen LogP contribution in [0.3, 0.4) is 0 Å². The molecule has 16 heavy (non-hydrogen) atoms. The summed E-state index contributed by atoms with van der Waals surface area (Å²) in [5.74, 6) is -0.346. The molecule has 0 spiro atoms. The quantitative estimate of drug-likeness (QED) is 0.752. The number of nitrogens with zero attached hydrogens (tertiary/aromatic N) is 2. The third-order valence-corrected chi connectivity index (χ3v) is 3.40. The summed E-state index contributed by atoms with van der Waals surface area (Å²) in [5.41, 5.74) is 6.77. The molecule has 1 aromatic rings. The summed E-state index contributed by atoms with van der Waals surface area (Å²) in [4.78, 5) is 15.6. The fraction of sp³-hybridized carbons (Fsp3) is 0.636. The molecule has 0 saturated heterocycles. The molecule has 1 fully saturated rings. The van der Waals surface area contributed by atoms with Crippen molar-refractivity contribution in [3.8, 4) is 0 Å². The van der Waals surface area contributed by atoms with E-state index in [0.29, 0.717) is 0 Å². The number of rotatable bonds is 4. The lowest BCUT2D eigenvalue weighted by Gasteiger charge is -2.22. The highest BCUT2D eigenvalue weighted by atomic mass is 16.5. The number of nitrogens with two attached hydrogens (primary N) is 1. The Kier molecular flexibility index (Phi) is 2.71. The largest absolute Gasteiger partial charge is 0.468 e. The van der Waals surface area contributed by atoms with E-state index in [0.717, 1.165) is 25.1 Å². The molecule has 1 unspecified atom stereocenters. The van der Waals surface area contributed by atoms with E-state index in [1.807, 2.05) is 11.5 Å². The Hall–Kier alpha value is -1.36. The Labute approximate surface area is 94.6 Å². The van der Waals surface area contributed by atoms with E-state index < -0.39 is 6.04 Å². The third kappa shape index (κ3) is 1.51. The number of carbonyl (C=O) groups excluding carboxylic acids is 1. The summed E-state index contributed by atoms with van der Waals surface area (Å²) in [6, 6.07) is -0.584. The van der Waals surface area contributed by atoms with Gasteiger partial charge in [0.2, 0.25) is 0 Å². The van der Waals surface area contributed by atoms with Crippen molar-refractivity contribution < 1.29 is 9.53 Å². The Bertz CT molecular complexity index is 396. The van der Waals surface area contributed by atoms with Crippen molar-refractivity contribution in [3.05, 3.63) is 18.2 Å². The molecule has 2 N–H and O–H groups in total. The molecule has 5 heteroatoms. The van der Waals surface area contributed by atoms with Gasteiger partial charge in [0.15, 0.2) is 0 Å². The lowest BCUT2D eigenvalue weighted by Crippen LogP contribution is -2.43. The minimum Gasteiger partial charge on any atom is -0.468 e. The molecule has 1 saturated carbocycles. The van der Waals surface area contributed by atoms with Crippen LogP contribution in [0, 0.1) is 0 Å². The highest BCUT2D eigenvalue weighted by Gasteiger charge is 2.54. The molecule has 2 rings (SSSR count). The molecule has 0 aliphatic heterocycles. The summed E-state index contributed by atoms with van der Waals surface area (Å²) in [5, 5.41) is 0. The van der Waals surface area contributed by atoms with E-state index in [1.165, 1.54) is 7.11 Å². The lowest BCUT2D eigenvalue weighted by atomic mass is 9.93. The zero-order valence-electron chi connectivity index (χ0n) is 9.64. The van der Waals surface area contributed by atoms with Gasteiger partial charge in [-0.25, -0.2) is 4.98 Å². The second kappa shape index (κ2) is 3.90. The molecular weight excluding hydrogens is 206 g/mol. The van der Waals surface area contributed by atoms with Gasteiger partial charge in [0.05, 0.1) is 13.4 Å². The van der Waals surface area contributed by atoms with Crippen LogP contribution in [-0.2, 0) is 21.5 Å². The summed E-state index contributed by atoms with van der Waals surface area (Å²) in [7, 11) is 1.37. The van der Waals surface area contributed by atoms with Crippen LogP contribution in [0.25, 0.3) is 0 Å². The van der Waals surface area contributed by atoms with E-state index in [1.54, 1.807) is 12.5 Å². The number of carbonyl (C=O) groups is 1. The third-order valence-electron chi connectivity index (χ3n) is 3.40. The highest BCUT2D eigenvalue weighted by Crippen LogP contribution is 2.50. The average molecular weight is 223 g/mol. The van der Waals surface area contributed by atoms with Crippen LogP contribution < -0.4 is 5.73 Å². The average Bonchev–Trinajstić information content (AvgIpc) is 2.98. The van der Waals surface area contributed by atoms with Crippen LogP contribution in [0.5, 0.6) is 0 Å². The molecule has 0 aromatic carbocycles. The van der Waals surface area contributed by atoms with Gasteiger partial charge in [-0.15, -0.1) is 0 Å². The summed E-state index contributed by atoms with van der Waals surface area (Å²) in [6.07, 6.45) is 5.43. The van der Waals surface area contributed by atoms with Gasteiger partial charge in [0, 0.05) is 23.9 Å². The number of methoxy groups -OCH3 is 1. The van der Waals surface area contributed by atoms with E-state index >= 15 is 0 Å². The molecule has 1 atom stereocenters. The van der Waals surface area contributed by atoms with Gasteiger partial charge in [-0.2, -0.15) is 0 Å². The fourth-order valence-corrected chi connectivity index (χ4v) is 2.20. The Morgan fingerprint density at radius 3 is 2.94 bits per heavy atom. The molecule has 1 aliphatic rings. The molecular formula is C11H17N3O2. The van der Waals surface area contributed by atoms with Crippen LogP contribution in [0.4, 0.5) is 0 Å². The van der Waals surface area contributed by atoms with Crippen LogP contribution in [0.15, 0.2) is 12.5 Å². The molecule has 0 amide bonds. The molecule has 88 valence electrons. The number of aromatic nitrogens is 2. The van der Waals surface area contributed by atoms with Crippen LogP contribution in [-0.4, -0.2) is 28.7 Å². The molecule has 0 radical (unpaired) electrons. The van der Waals surface area contributed by atoms with Gasteiger partial charge >= 0.3 is 5.97 Å². The van der Waals surface area contributed by atoms with Crippen molar-refractivity contribution in [1.82, 2.24) is 9.55 Å². The predicted octanol–water partition coefficient (Wildman–Crippen LogP) is 0.435. The fourth-order valence-electron chi connectivity index (χ4n) is 2.20. The van der Waals surface area contributed by atoms with Gasteiger partial charge in [0.25, 0.3) is 0 Å². The van der Waals surface area contributed by atoms with Crippen molar-refractivity contribution in [3.63, 3.8) is 0 Å². The molecule has 1 aliphatic carbocycles. The molecule has 1 aromatic heterocycles. The lowest BCUT2D eigenvalue weighted by molar-refractivity contribution is -0.143. The van der Waals surface area contributed by atoms with Gasteiger partial charge in [-0.1, -0.05) is 0 Å². The Morgan fingerprint density at radius 1 is 1.75 bits per heavy atom. The number of ether oxygens (including phenoxy) is 1.